The zero-order chi connectivity index (χ0) is 14.9. The molecule has 0 heterocycles. The van der Waals surface area contributed by atoms with Crippen molar-refractivity contribution in [3.8, 4) is 0 Å². The fraction of sp³-hybridized carbons (Fsp3) is 0.211. The molecular weight excluding hydrogens is 258 g/mol. The largest absolute Gasteiger partial charge is 0.331 e. The third kappa shape index (κ3) is 4.92. The first kappa shape index (κ1) is 15.0. The Morgan fingerprint density at radius 1 is 0.905 bits per heavy atom. The second kappa shape index (κ2) is 8.05. The lowest BCUT2D eigenvalue weighted by Gasteiger charge is -2.21. The van der Waals surface area contributed by atoms with Crippen LogP contribution in [-0.4, -0.2) is 10.8 Å². The molecule has 0 aliphatic carbocycles. The zero-order valence-electron chi connectivity index (χ0n) is 12.4. The summed E-state index contributed by atoms with van der Waals surface area (Å²) in [5, 5.41) is 0. The van der Waals surface area contributed by atoms with E-state index in [0.29, 0.717) is 13.1 Å². The predicted octanol–water partition coefficient (Wildman–Crippen LogP) is 4.18. The molecule has 108 valence electrons. The van der Waals surface area contributed by atoms with Gasteiger partial charge in [0.15, 0.2) is 0 Å². The molecule has 0 aliphatic rings. The Bertz CT molecular complexity index is 534. The van der Waals surface area contributed by atoms with E-state index < -0.39 is 0 Å². The molecule has 0 radical (unpaired) electrons. The molecule has 0 bridgehead atoms. The number of hydrogen-bond acceptors (Lipinski definition) is 1. The smallest absolute Gasteiger partial charge is 0.246 e. The van der Waals surface area contributed by atoms with Gasteiger partial charge in [-0.1, -0.05) is 73.7 Å². The van der Waals surface area contributed by atoms with Crippen molar-refractivity contribution in [2.45, 2.75) is 26.4 Å². The van der Waals surface area contributed by atoms with Gasteiger partial charge in [-0.2, -0.15) is 0 Å². The van der Waals surface area contributed by atoms with Gasteiger partial charge in [0.2, 0.25) is 5.91 Å². The van der Waals surface area contributed by atoms with Gasteiger partial charge in [-0.25, -0.2) is 0 Å². The second-order valence-electron chi connectivity index (χ2n) is 4.98. The van der Waals surface area contributed by atoms with Crippen LogP contribution < -0.4 is 0 Å². The maximum atomic E-state index is 12.3. The minimum atomic E-state index is 0.0598. The van der Waals surface area contributed by atoms with Gasteiger partial charge in [-0.15, -0.1) is 0 Å². The van der Waals surface area contributed by atoms with Crippen LogP contribution in [-0.2, 0) is 17.9 Å². The molecule has 2 rings (SSSR count). The van der Waals surface area contributed by atoms with E-state index in [1.807, 2.05) is 54.3 Å². The lowest BCUT2D eigenvalue weighted by atomic mass is 10.1. The summed E-state index contributed by atoms with van der Waals surface area (Å²) in [4.78, 5) is 14.2. The second-order valence-corrected chi connectivity index (χ2v) is 4.98. The van der Waals surface area contributed by atoms with Gasteiger partial charge in [-0.05, 0) is 23.6 Å². The Balaban J connectivity index is 2.13. The van der Waals surface area contributed by atoms with E-state index in [0.717, 1.165) is 17.5 Å². The molecule has 2 aromatic rings. The standard InChI is InChI=1S/C19H21NO/c1-2-3-14-19(21)20(15-17-10-6-4-7-11-17)16-18-12-8-5-9-13-18/h3-14H,2,15-16H2,1H3/b14-3+. The number of allylic oxidation sites excluding steroid dienone is 1. The molecule has 0 aliphatic heterocycles. The van der Waals surface area contributed by atoms with Crippen molar-refractivity contribution in [1.29, 1.82) is 0 Å². The molecule has 0 unspecified atom stereocenters. The number of hydrogen-bond donors (Lipinski definition) is 0. The minimum Gasteiger partial charge on any atom is -0.331 e. The highest BCUT2D eigenvalue weighted by Gasteiger charge is 2.11. The van der Waals surface area contributed by atoms with Crippen molar-refractivity contribution < 1.29 is 4.79 Å². The molecular formula is C19H21NO. The number of benzene rings is 2. The highest BCUT2D eigenvalue weighted by molar-refractivity contribution is 5.87. The molecule has 0 aromatic heterocycles. The van der Waals surface area contributed by atoms with Crippen LogP contribution in [0.2, 0.25) is 0 Å². The van der Waals surface area contributed by atoms with E-state index in [1.165, 1.54) is 0 Å². The Hall–Kier alpha value is -2.35. The maximum Gasteiger partial charge on any atom is 0.246 e. The summed E-state index contributed by atoms with van der Waals surface area (Å²) in [6.45, 7) is 3.29. The molecule has 0 saturated heterocycles. The van der Waals surface area contributed by atoms with E-state index in [9.17, 15) is 4.79 Å². The van der Waals surface area contributed by atoms with Crippen molar-refractivity contribution in [2.24, 2.45) is 0 Å². The van der Waals surface area contributed by atoms with Crippen LogP contribution >= 0.6 is 0 Å². The predicted molar refractivity (Wildman–Crippen MR) is 86.6 cm³/mol. The van der Waals surface area contributed by atoms with Crippen LogP contribution in [0.15, 0.2) is 72.8 Å². The number of rotatable bonds is 6. The third-order valence-electron chi connectivity index (χ3n) is 3.24. The molecule has 2 aromatic carbocycles. The van der Waals surface area contributed by atoms with Gasteiger partial charge >= 0.3 is 0 Å². The fourth-order valence-corrected chi connectivity index (χ4v) is 2.14. The quantitative estimate of drug-likeness (QED) is 0.726. The Kier molecular flexibility index (Phi) is 5.77. The molecule has 1 amide bonds. The SMILES string of the molecule is CC/C=C/C(=O)N(Cc1ccccc1)Cc1ccccc1. The van der Waals surface area contributed by atoms with Gasteiger partial charge < -0.3 is 4.90 Å². The summed E-state index contributed by atoms with van der Waals surface area (Å²) >= 11 is 0. The van der Waals surface area contributed by atoms with E-state index >= 15 is 0 Å². The molecule has 2 heteroatoms. The van der Waals surface area contributed by atoms with Crippen molar-refractivity contribution >= 4 is 5.91 Å². The van der Waals surface area contributed by atoms with Gasteiger partial charge in [0.1, 0.15) is 0 Å². The lowest BCUT2D eigenvalue weighted by Crippen LogP contribution is -2.28. The van der Waals surface area contributed by atoms with Crippen molar-refractivity contribution in [2.75, 3.05) is 0 Å². The topological polar surface area (TPSA) is 20.3 Å². The van der Waals surface area contributed by atoms with Gasteiger partial charge in [0, 0.05) is 13.1 Å². The first-order valence-corrected chi connectivity index (χ1v) is 7.33. The summed E-state index contributed by atoms with van der Waals surface area (Å²) in [7, 11) is 0. The Labute approximate surface area is 126 Å². The van der Waals surface area contributed by atoms with Crippen molar-refractivity contribution in [3.63, 3.8) is 0 Å². The summed E-state index contributed by atoms with van der Waals surface area (Å²) in [5.41, 5.74) is 2.29. The van der Waals surface area contributed by atoms with Gasteiger partial charge in [0.25, 0.3) is 0 Å². The van der Waals surface area contributed by atoms with Gasteiger partial charge in [-0.3, -0.25) is 4.79 Å². The zero-order valence-corrected chi connectivity index (χ0v) is 12.4. The monoisotopic (exact) mass is 279 g/mol. The normalized spacial score (nSPS) is 10.7. The van der Waals surface area contributed by atoms with Crippen LogP contribution in [0.5, 0.6) is 0 Å². The highest BCUT2D eigenvalue weighted by Crippen LogP contribution is 2.11. The molecule has 2 nitrogen and oxygen atoms in total. The summed E-state index contributed by atoms with van der Waals surface area (Å²) < 4.78 is 0. The van der Waals surface area contributed by atoms with Crippen LogP contribution in [0.1, 0.15) is 24.5 Å². The van der Waals surface area contributed by atoms with Gasteiger partial charge in [0.05, 0.1) is 0 Å². The van der Waals surface area contributed by atoms with E-state index in [1.54, 1.807) is 6.08 Å². The first-order chi connectivity index (χ1) is 10.3. The molecule has 0 saturated carbocycles. The number of carbonyl (C=O) groups excluding carboxylic acids is 1. The van der Waals surface area contributed by atoms with Crippen LogP contribution in [0.4, 0.5) is 0 Å². The fourth-order valence-electron chi connectivity index (χ4n) is 2.14. The summed E-state index contributed by atoms with van der Waals surface area (Å²) in [6, 6.07) is 20.2. The average Bonchev–Trinajstić information content (AvgIpc) is 2.54. The number of amides is 1. The average molecular weight is 279 g/mol. The number of carbonyl (C=O) groups is 1. The molecule has 0 spiro atoms. The first-order valence-electron chi connectivity index (χ1n) is 7.33. The van der Waals surface area contributed by atoms with Crippen LogP contribution in [0.3, 0.4) is 0 Å². The lowest BCUT2D eigenvalue weighted by molar-refractivity contribution is -0.127. The Morgan fingerprint density at radius 3 is 1.81 bits per heavy atom. The van der Waals surface area contributed by atoms with Crippen LogP contribution in [0.25, 0.3) is 0 Å². The molecule has 0 N–H and O–H groups in total. The van der Waals surface area contributed by atoms with E-state index in [2.05, 4.69) is 24.3 Å². The summed E-state index contributed by atoms with van der Waals surface area (Å²) in [6.07, 6.45) is 4.45. The minimum absolute atomic E-state index is 0.0598. The van der Waals surface area contributed by atoms with Crippen molar-refractivity contribution in [3.05, 3.63) is 83.9 Å². The van der Waals surface area contributed by atoms with Crippen LogP contribution in [0, 0.1) is 0 Å². The molecule has 21 heavy (non-hydrogen) atoms. The highest BCUT2D eigenvalue weighted by atomic mass is 16.2. The van der Waals surface area contributed by atoms with E-state index in [4.69, 9.17) is 0 Å². The maximum absolute atomic E-state index is 12.3. The van der Waals surface area contributed by atoms with E-state index in [-0.39, 0.29) is 5.91 Å². The third-order valence-corrected chi connectivity index (χ3v) is 3.24. The Morgan fingerprint density at radius 2 is 1.38 bits per heavy atom. The summed E-state index contributed by atoms with van der Waals surface area (Å²) in [5.74, 6) is 0.0598. The molecule has 0 atom stereocenters. The van der Waals surface area contributed by atoms with Crippen molar-refractivity contribution in [1.82, 2.24) is 4.90 Å². The molecule has 0 fully saturated rings. The number of nitrogens with zero attached hydrogens (tertiary/aromatic N) is 1.